The zero-order valence-electron chi connectivity index (χ0n) is 14.3. The second kappa shape index (κ2) is 7.92. The van der Waals surface area contributed by atoms with Crippen LogP contribution in [-0.4, -0.2) is 10.3 Å². The first-order valence-electron chi connectivity index (χ1n) is 8.38. The van der Waals surface area contributed by atoms with E-state index in [0.717, 1.165) is 25.1 Å². The van der Waals surface area contributed by atoms with Crippen LogP contribution in [0, 0.1) is 6.92 Å². The molecule has 4 rings (SSSR count). The van der Waals surface area contributed by atoms with Crippen LogP contribution in [-0.2, 0) is 13.0 Å². The van der Waals surface area contributed by atoms with Crippen molar-refractivity contribution >= 4 is 11.8 Å². The zero-order chi connectivity index (χ0) is 17.4. The molecule has 0 spiro atoms. The minimum Gasteiger partial charge on any atom is -1.00 e. The van der Waals surface area contributed by atoms with Gasteiger partial charge in [-0.15, -0.1) is 0 Å². The number of benzene rings is 2. The summed E-state index contributed by atoms with van der Waals surface area (Å²) in [6.07, 6.45) is 4.32. The second-order valence-corrected chi connectivity index (χ2v) is 7.36. The molecule has 2 heterocycles. The number of hydrogen-bond donors (Lipinski definition) is 0. The van der Waals surface area contributed by atoms with Gasteiger partial charge in [0.15, 0.2) is 5.69 Å². The Kier molecular flexibility index (Phi) is 5.82. The van der Waals surface area contributed by atoms with Gasteiger partial charge in [0, 0.05) is 10.5 Å². The maximum Gasteiger partial charge on any atom is 0.288 e. The third-order valence-corrected chi connectivity index (χ3v) is 5.32. The van der Waals surface area contributed by atoms with Gasteiger partial charge >= 0.3 is 0 Å². The lowest BCUT2D eigenvalue weighted by atomic mass is 10.1. The summed E-state index contributed by atoms with van der Waals surface area (Å²) in [7, 11) is 0. The van der Waals surface area contributed by atoms with E-state index < -0.39 is 5.76 Å². The third-order valence-electron chi connectivity index (χ3n) is 4.60. The lowest BCUT2D eigenvalue weighted by molar-refractivity contribution is -0.679. The van der Waals surface area contributed by atoms with E-state index in [1.807, 2.05) is 12.1 Å². The number of rotatable bonds is 4. The first-order valence-corrected chi connectivity index (χ1v) is 9.26. The van der Waals surface area contributed by atoms with Crippen molar-refractivity contribution in [2.75, 3.05) is 0 Å². The summed E-state index contributed by atoms with van der Waals surface area (Å²) in [5.41, 5.74) is 4.68. The minimum absolute atomic E-state index is 0. The fraction of sp³-hybridized carbons (Fsp3) is 0.250. The molecule has 2 aromatic carbocycles. The van der Waals surface area contributed by atoms with Gasteiger partial charge in [-0.05, 0) is 37.6 Å². The van der Waals surface area contributed by atoms with E-state index in [9.17, 15) is 8.78 Å². The Balaban J connectivity index is 0.00000196. The molecule has 6 heteroatoms. The predicted molar refractivity (Wildman–Crippen MR) is 96.3 cm³/mol. The molecule has 0 atom stereocenters. The smallest absolute Gasteiger partial charge is 0.288 e. The summed E-state index contributed by atoms with van der Waals surface area (Å²) >= 11 is 0.583. The number of aromatic nitrogens is 2. The van der Waals surface area contributed by atoms with E-state index in [2.05, 4.69) is 46.5 Å². The monoisotopic (exact) mass is 436 g/mol. The molecule has 0 saturated carbocycles. The number of imidazole rings is 1. The summed E-state index contributed by atoms with van der Waals surface area (Å²) in [5, 5.41) is 0. The van der Waals surface area contributed by atoms with Crippen molar-refractivity contribution in [1.29, 1.82) is 0 Å². The molecule has 0 bridgehead atoms. The van der Waals surface area contributed by atoms with Crippen LogP contribution in [0.1, 0.15) is 17.8 Å². The molecule has 1 aliphatic rings. The summed E-state index contributed by atoms with van der Waals surface area (Å²) in [6, 6.07) is 15.9. The summed E-state index contributed by atoms with van der Waals surface area (Å²) in [5.74, 6) is -1.12. The minimum atomic E-state index is -2.38. The molecule has 0 saturated heterocycles. The van der Waals surface area contributed by atoms with Crippen LogP contribution in [0.2, 0.25) is 0 Å². The van der Waals surface area contributed by atoms with Crippen LogP contribution in [0.3, 0.4) is 0 Å². The maximum absolute atomic E-state index is 12.5. The third kappa shape index (κ3) is 3.71. The summed E-state index contributed by atoms with van der Waals surface area (Å²) in [6.45, 7) is 3.11. The Morgan fingerprint density at radius 2 is 1.73 bits per heavy atom. The van der Waals surface area contributed by atoms with Crippen LogP contribution in [0.4, 0.5) is 8.78 Å². The average molecular weight is 437 g/mol. The van der Waals surface area contributed by atoms with E-state index in [1.54, 1.807) is 12.1 Å². The van der Waals surface area contributed by atoms with E-state index >= 15 is 0 Å². The highest BCUT2D eigenvalue weighted by atomic mass is 79.9. The van der Waals surface area contributed by atoms with Crippen LogP contribution in [0.5, 0.6) is 0 Å². The van der Waals surface area contributed by atoms with E-state index in [-0.39, 0.29) is 17.0 Å². The Hall–Kier alpha value is -1.66. The quantitative estimate of drug-likeness (QED) is 0.448. The fourth-order valence-electron chi connectivity index (χ4n) is 3.40. The SMILES string of the molecule is Cc1ccc(-c2cn(-c3ccc(SC(F)F)cc3)c3[n+]2CCC3)cc1.[Br-]. The molecule has 0 unspecified atom stereocenters. The first kappa shape index (κ1) is 19.1. The van der Waals surface area contributed by atoms with Crippen molar-refractivity contribution in [3.8, 4) is 16.9 Å². The molecule has 1 aliphatic heterocycles. The number of fused-ring (bicyclic) bond motifs is 1. The molecule has 1 aromatic heterocycles. The zero-order valence-corrected chi connectivity index (χ0v) is 16.7. The second-order valence-electron chi connectivity index (χ2n) is 6.29. The average Bonchev–Trinajstić information content (AvgIpc) is 3.19. The van der Waals surface area contributed by atoms with Gasteiger partial charge in [-0.2, -0.15) is 13.3 Å². The van der Waals surface area contributed by atoms with Crippen molar-refractivity contribution in [3.63, 3.8) is 0 Å². The molecule has 0 radical (unpaired) electrons. The van der Waals surface area contributed by atoms with Gasteiger partial charge in [-0.1, -0.05) is 41.6 Å². The van der Waals surface area contributed by atoms with Crippen LogP contribution < -0.4 is 21.5 Å². The van der Waals surface area contributed by atoms with Crippen molar-refractivity contribution in [2.24, 2.45) is 0 Å². The Morgan fingerprint density at radius 1 is 1.04 bits per heavy atom. The van der Waals surface area contributed by atoms with E-state index in [4.69, 9.17) is 0 Å². The number of halogens is 3. The van der Waals surface area contributed by atoms with Crippen molar-refractivity contribution < 1.29 is 30.3 Å². The Bertz CT molecular complexity index is 889. The molecule has 0 fully saturated rings. The molecular weight excluding hydrogens is 418 g/mol. The van der Waals surface area contributed by atoms with E-state index in [0.29, 0.717) is 16.7 Å². The maximum atomic E-state index is 12.5. The Morgan fingerprint density at radius 3 is 2.38 bits per heavy atom. The summed E-state index contributed by atoms with van der Waals surface area (Å²) in [4.78, 5) is 0.592. The topological polar surface area (TPSA) is 8.81 Å². The highest BCUT2D eigenvalue weighted by molar-refractivity contribution is 7.99. The van der Waals surface area contributed by atoms with Gasteiger partial charge in [0.25, 0.3) is 11.6 Å². The van der Waals surface area contributed by atoms with Gasteiger partial charge in [0.2, 0.25) is 0 Å². The van der Waals surface area contributed by atoms with Crippen LogP contribution in [0.25, 0.3) is 16.9 Å². The highest BCUT2D eigenvalue weighted by Gasteiger charge is 2.29. The Labute approximate surface area is 166 Å². The number of hydrogen-bond acceptors (Lipinski definition) is 1. The molecule has 3 aromatic rings. The molecular formula is C20H19BrF2N2S. The van der Waals surface area contributed by atoms with Crippen molar-refractivity contribution in [3.05, 3.63) is 66.1 Å². The van der Waals surface area contributed by atoms with Gasteiger partial charge in [0.05, 0.1) is 13.0 Å². The predicted octanol–water partition coefficient (Wildman–Crippen LogP) is 2.01. The number of alkyl halides is 2. The summed E-state index contributed by atoms with van der Waals surface area (Å²) < 4.78 is 29.6. The van der Waals surface area contributed by atoms with Crippen LogP contribution in [0.15, 0.2) is 59.6 Å². The van der Waals surface area contributed by atoms with Crippen molar-refractivity contribution in [2.45, 2.75) is 37.0 Å². The van der Waals surface area contributed by atoms with Crippen molar-refractivity contribution in [1.82, 2.24) is 4.57 Å². The number of thioether (sulfide) groups is 1. The molecule has 2 nitrogen and oxygen atoms in total. The number of nitrogens with zero attached hydrogens (tertiary/aromatic N) is 2. The largest absolute Gasteiger partial charge is 1.00 e. The molecule has 0 amide bonds. The lowest BCUT2D eigenvalue weighted by Gasteiger charge is -2.02. The normalized spacial score (nSPS) is 12.9. The highest BCUT2D eigenvalue weighted by Crippen LogP contribution is 2.28. The molecule has 26 heavy (non-hydrogen) atoms. The lowest BCUT2D eigenvalue weighted by Crippen LogP contribution is -3.00. The van der Waals surface area contributed by atoms with Gasteiger partial charge in [0.1, 0.15) is 11.9 Å². The first-order chi connectivity index (χ1) is 12.1. The number of aryl methyl sites for hydroxylation is 1. The van der Waals surface area contributed by atoms with Gasteiger partial charge in [-0.25, -0.2) is 4.57 Å². The fourth-order valence-corrected chi connectivity index (χ4v) is 3.90. The van der Waals surface area contributed by atoms with E-state index in [1.165, 1.54) is 22.6 Å². The standard InChI is InChI=1S/C20H19F2N2S.BrH/c1-14-4-6-15(7-5-14)18-13-24(19-3-2-12-23(18)19)16-8-10-17(11-9-16)25-20(21)22;/h4-11,13,20H,2-3,12H2,1H3;1H/q+1;/p-1. The molecule has 0 N–H and O–H groups in total. The molecule has 136 valence electrons. The van der Waals surface area contributed by atoms with Gasteiger partial charge < -0.3 is 17.0 Å². The van der Waals surface area contributed by atoms with Crippen LogP contribution >= 0.6 is 11.8 Å². The van der Waals surface area contributed by atoms with Gasteiger partial charge in [-0.3, -0.25) is 0 Å². The molecule has 0 aliphatic carbocycles.